The number of nitrogens with zero attached hydrogens (tertiary/aromatic N) is 1. The van der Waals surface area contributed by atoms with Crippen LogP contribution in [0.1, 0.15) is 0 Å². The largest absolute Gasteiger partial charge is 0.462 e. The minimum atomic E-state index is -1.10. The van der Waals surface area contributed by atoms with Crippen molar-refractivity contribution in [2.75, 3.05) is 0 Å². The number of amides is 1. The normalized spacial score (nSPS) is 16.2. The van der Waals surface area contributed by atoms with Crippen LogP contribution in [-0.4, -0.2) is 15.7 Å². The van der Waals surface area contributed by atoms with E-state index in [4.69, 9.17) is 5.11 Å². The van der Waals surface area contributed by atoms with E-state index in [0.717, 1.165) is 16.4 Å². The Labute approximate surface area is 49.8 Å². The Kier molecular flexibility index (Phi) is 1.29. The lowest BCUT2D eigenvalue weighted by Crippen LogP contribution is -2.16. The first-order valence-electron chi connectivity index (χ1n) is 1.82. The van der Waals surface area contributed by atoms with Crippen LogP contribution in [0.3, 0.4) is 0 Å². The molecule has 0 radical (unpaired) electrons. The van der Waals surface area contributed by atoms with Crippen LogP contribution in [0.2, 0.25) is 0 Å². The third kappa shape index (κ3) is 0.865. The van der Waals surface area contributed by atoms with Gasteiger partial charge in [0.1, 0.15) is 6.26 Å². The van der Waals surface area contributed by atoms with Crippen LogP contribution in [0.5, 0.6) is 0 Å². The summed E-state index contributed by atoms with van der Waals surface area (Å²) in [6, 6.07) is 0. The monoisotopic (exact) mass is 133 g/mol. The van der Waals surface area contributed by atoms with Gasteiger partial charge in [-0.1, -0.05) is 4.47 Å². The summed E-state index contributed by atoms with van der Waals surface area (Å²) in [5, 5.41) is 9.69. The average molecular weight is 133 g/mol. The first-order chi connectivity index (χ1) is 3.80. The molecule has 0 fully saturated rings. The Balaban J connectivity index is 2.41. The quantitative estimate of drug-likeness (QED) is 0.501. The summed E-state index contributed by atoms with van der Waals surface area (Å²) in [4.78, 5) is 14.4. The molecule has 0 bridgehead atoms. The zero-order chi connectivity index (χ0) is 5.98. The fourth-order valence-corrected chi connectivity index (χ4v) is 0.675. The molecule has 4 nitrogen and oxygen atoms in total. The van der Waals surface area contributed by atoms with E-state index < -0.39 is 6.09 Å². The second kappa shape index (κ2) is 1.95. The summed E-state index contributed by atoms with van der Waals surface area (Å²) in [6.07, 6.45) is 0.207. The van der Waals surface area contributed by atoms with Gasteiger partial charge in [-0.05, 0) is 0 Å². The SMILES string of the molecule is O=C(O)N1OC=CS1. The van der Waals surface area contributed by atoms with E-state index in [-0.39, 0.29) is 0 Å². The molecule has 0 aliphatic carbocycles. The van der Waals surface area contributed by atoms with E-state index in [1.807, 2.05) is 0 Å². The molecule has 1 rings (SSSR count). The molecule has 1 aliphatic rings. The van der Waals surface area contributed by atoms with E-state index in [0.29, 0.717) is 0 Å². The molecule has 0 aromatic rings. The van der Waals surface area contributed by atoms with Gasteiger partial charge in [-0.15, -0.1) is 0 Å². The van der Waals surface area contributed by atoms with Gasteiger partial charge in [0, 0.05) is 17.4 Å². The van der Waals surface area contributed by atoms with Crippen molar-refractivity contribution in [2.24, 2.45) is 0 Å². The molecule has 1 N–H and O–H groups in total. The number of carboxylic acid groups (broad SMARTS) is 1. The van der Waals surface area contributed by atoms with Crippen LogP contribution >= 0.6 is 11.9 Å². The van der Waals surface area contributed by atoms with E-state index in [1.165, 1.54) is 11.7 Å². The highest BCUT2D eigenvalue weighted by molar-refractivity contribution is 8.00. The lowest BCUT2D eigenvalue weighted by Gasteiger charge is -2.04. The first kappa shape index (κ1) is 5.30. The molecule has 5 heteroatoms. The molecule has 0 aromatic carbocycles. The fourth-order valence-electron chi connectivity index (χ4n) is 0.275. The van der Waals surface area contributed by atoms with Crippen LogP contribution in [0, 0.1) is 0 Å². The van der Waals surface area contributed by atoms with Crippen molar-refractivity contribution in [2.45, 2.75) is 0 Å². The van der Waals surface area contributed by atoms with Crippen molar-refractivity contribution in [3.05, 3.63) is 11.7 Å². The van der Waals surface area contributed by atoms with E-state index in [1.54, 1.807) is 0 Å². The molecule has 0 saturated carbocycles. The lowest BCUT2D eigenvalue weighted by atomic mass is 11.2. The maximum Gasteiger partial charge on any atom is 0.451 e. The molecule has 1 aliphatic heterocycles. The summed E-state index contributed by atoms with van der Waals surface area (Å²) in [6.45, 7) is 0. The summed E-state index contributed by atoms with van der Waals surface area (Å²) >= 11 is 0.981. The van der Waals surface area contributed by atoms with Crippen molar-refractivity contribution in [3.8, 4) is 0 Å². The lowest BCUT2D eigenvalue weighted by molar-refractivity contribution is 0.0152. The van der Waals surface area contributed by atoms with Gasteiger partial charge >= 0.3 is 6.09 Å². The van der Waals surface area contributed by atoms with Gasteiger partial charge in [-0.2, -0.15) is 0 Å². The van der Waals surface area contributed by atoms with Crippen molar-refractivity contribution in [1.29, 1.82) is 0 Å². The third-order valence-corrected chi connectivity index (χ3v) is 1.19. The highest BCUT2D eigenvalue weighted by atomic mass is 32.2. The summed E-state index contributed by atoms with van der Waals surface area (Å²) in [5.74, 6) is 0. The minimum Gasteiger partial charge on any atom is -0.462 e. The van der Waals surface area contributed by atoms with Crippen molar-refractivity contribution in [1.82, 2.24) is 4.47 Å². The van der Waals surface area contributed by atoms with E-state index in [9.17, 15) is 4.79 Å². The molecule has 8 heavy (non-hydrogen) atoms. The number of hydrogen-bond donors (Lipinski definition) is 1. The van der Waals surface area contributed by atoms with E-state index in [2.05, 4.69) is 4.84 Å². The second-order valence-electron chi connectivity index (χ2n) is 1.02. The van der Waals surface area contributed by atoms with Crippen LogP contribution in [0.4, 0.5) is 4.79 Å². The van der Waals surface area contributed by atoms with Crippen LogP contribution < -0.4 is 0 Å². The Morgan fingerprint density at radius 3 is 2.88 bits per heavy atom. The van der Waals surface area contributed by atoms with Gasteiger partial charge in [0.05, 0.1) is 0 Å². The highest BCUT2D eigenvalue weighted by Gasteiger charge is 2.14. The standard InChI is InChI=1S/C3H3NO3S/c5-3(6)4-7-1-2-8-4/h1-2H,(H,5,6). The summed E-state index contributed by atoms with van der Waals surface area (Å²) in [5.41, 5.74) is 0. The molecular weight excluding hydrogens is 130 g/mol. The molecule has 0 aromatic heterocycles. The Bertz CT molecular complexity index is 126. The van der Waals surface area contributed by atoms with Gasteiger partial charge in [-0.3, -0.25) is 0 Å². The number of carbonyl (C=O) groups is 1. The predicted molar refractivity (Wildman–Crippen MR) is 27.7 cm³/mol. The number of hydroxylamine groups is 1. The molecule has 0 atom stereocenters. The van der Waals surface area contributed by atoms with Gasteiger partial charge in [0.2, 0.25) is 0 Å². The maximum absolute atomic E-state index is 9.94. The molecule has 1 amide bonds. The first-order valence-corrected chi connectivity index (χ1v) is 2.66. The number of hydrogen-bond acceptors (Lipinski definition) is 3. The van der Waals surface area contributed by atoms with Crippen molar-refractivity contribution in [3.63, 3.8) is 0 Å². The third-order valence-electron chi connectivity index (χ3n) is 0.525. The smallest absolute Gasteiger partial charge is 0.451 e. The molecule has 1 heterocycles. The van der Waals surface area contributed by atoms with Crippen LogP contribution in [-0.2, 0) is 4.84 Å². The summed E-state index contributed by atoms with van der Waals surface area (Å²) < 4.78 is 0.750. The Hall–Kier alpha value is -0.840. The van der Waals surface area contributed by atoms with Crippen LogP contribution in [0.25, 0.3) is 0 Å². The minimum absolute atomic E-state index is 0.750. The molecule has 44 valence electrons. The fraction of sp³-hybridized carbons (Fsp3) is 0. The van der Waals surface area contributed by atoms with Gasteiger partial charge in [-0.25, -0.2) is 4.79 Å². The maximum atomic E-state index is 9.94. The molecule has 0 unspecified atom stereocenters. The average Bonchev–Trinajstić information content (AvgIpc) is 2.12. The van der Waals surface area contributed by atoms with Gasteiger partial charge < -0.3 is 9.94 Å². The zero-order valence-electron chi connectivity index (χ0n) is 3.77. The number of rotatable bonds is 0. The van der Waals surface area contributed by atoms with E-state index >= 15 is 0 Å². The second-order valence-corrected chi connectivity index (χ2v) is 1.84. The highest BCUT2D eigenvalue weighted by Crippen LogP contribution is 2.18. The zero-order valence-corrected chi connectivity index (χ0v) is 4.59. The van der Waals surface area contributed by atoms with Crippen molar-refractivity contribution < 1.29 is 14.7 Å². The molecular formula is C3H3NO3S. The topological polar surface area (TPSA) is 49.8 Å². The van der Waals surface area contributed by atoms with Crippen LogP contribution in [0.15, 0.2) is 11.7 Å². The Morgan fingerprint density at radius 2 is 2.62 bits per heavy atom. The van der Waals surface area contributed by atoms with Gasteiger partial charge in [0.25, 0.3) is 0 Å². The van der Waals surface area contributed by atoms with Gasteiger partial charge in [0.15, 0.2) is 0 Å². The summed E-state index contributed by atoms with van der Waals surface area (Å²) in [7, 11) is 0. The van der Waals surface area contributed by atoms with Crippen molar-refractivity contribution >= 4 is 18.0 Å². The Morgan fingerprint density at radius 1 is 1.88 bits per heavy atom. The molecule has 0 spiro atoms. The molecule has 0 saturated heterocycles. The predicted octanol–water partition coefficient (Wildman–Crippen LogP) is 1.03.